The molecule has 0 unspecified atom stereocenters. The highest BCUT2D eigenvalue weighted by atomic mass is 32.2. The molecule has 1 aliphatic rings. The Labute approximate surface area is 165 Å². The summed E-state index contributed by atoms with van der Waals surface area (Å²) in [6.45, 7) is 0.947. The molecule has 0 spiro atoms. The predicted octanol–water partition coefficient (Wildman–Crippen LogP) is 2.28. The average molecular weight is 409 g/mol. The van der Waals surface area contributed by atoms with Crippen LogP contribution in [-0.2, 0) is 14.3 Å². The minimum Gasteiger partial charge on any atom is -0.497 e. The number of carbonyl (C=O) groups excluding carboxylic acids is 2. The number of ether oxygens (including phenoxy) is 2. The summed E-state index contributed by atoms with van der Waals surface area (Å²) in [6.07, 6.45) is 0.164. The third kappa shape index (κ3) is 4.96. The first-order chi connectivity index (χ1) is 13.1. The quantitative estimate of drug-likeness (QED) is 0.407. The zero-order valence-electron chi connectivity index (χ0n) is 15.0. The van der Waals surface area contributed by atoms with Gasteiger partial charge < -0.3 is 19.7 Å². The van der Waals surface area contributed by atoms with Crippen LogP contribution in [0, 0.1) is 5.92 Å². The minimum absolute atomic E-state index is 0.0866. The lowest BCUT2D eigenvalue weighted by Gasteiger charge is -2.17. The number of hydrogen-bond acceptors (Lipinski definition) is 8. The Morgan fingerprint density at radius 3 is 3.04 bits per heavy atom. The van der Waals surface area contributed by atoms with E-state index in [0.717, 1.165) is 15.8 Å². The van der Waals surface area contributed by atoms with E-state index in [1.54, 1.807) is 25.2 Å². The smallest absolute Gasteiger partial charge is 0.231 e. The van der Waals surface area contributed by atoms with E-state index in [0.29, 0.717) is 24.0 Å². The van der Waals surface area contributed by atoms with Gasteiger partial charge in [0.25, 0.3) is 0 Å². The summed E-state index contributed by atoms with van der Waals surface area (Å²) >= 11 is 2.83. The van der Waals surface area contributed by atoms with Gasteiger partial charge in [0.2, 0.25) is 16.9 Å². The lowest BCUT2D eigenvalue weighted by Crippen LogP contribution is -2.28. The van der Waals surface area contributed by atoms with E-state index in [1.165, 1.54) is 23.1 Å². The van der Waals surface area contributed by atoms with Gasteiger partial charge in [-0.15, -0.1) is 10.2 Å². The number of carbonyl (C=O) groups is 2. The van der Waals surface area contributed by atoms with Gasteiger partial charge in [0.05, 0.1) is 19.6 Å². The van der Waals surface area contributed by atoms with Gasteiger partial charge in [-0.1, -0.05) is 29.2 Å². The number of thioether (sulfide) groups is 1. The molecule has 2 aromatic rings. The van der Waals surface area contributed by atoms with Gasteiger partial charge >= 0.3 is 0 Å². The Kier molecular flexibility index (Phi) is 6.64. The number of aromatic nitrogens is 2. The van der Waals surface area contributed by atoms with Crippen molar-refractivity contribution in [3.63, 3.8) is 0 Å². The fourth-order valence-corrected chi connectivity index (χ4v) is 4.38. The van der Waals surface area contributed by atoms with Crippen molar-refractivity contribution in [2.75, 3.05) is 43.3 Å². The Hall–Kier alpha value is -2.17. The largest absolute Gasteiger partial charge is 0.497 e. The summed E-state index contributed by atoms with van der Waals surface area (Å²) < 4.78 is 11.0. The van der Waals surface area contributed by atoms with Crippen molar-refractivity contribution in [3.8, 4) is 5.75 Å². The van der Waals surface area contributed by atoms with Gasteiger partial charge in [0, 0.05) is 37.6 Å². The molecule has 27 heavy (non-hydrogen) atoms. The number of hydrogen-bond donors (Lipinski definition) is 1. The summed E-state index contributed by atoms with van der Waals surface area (Å²) in [4.78, 5) is 26.5. The average Bonchev–Trinajstić information content (AvgIpc) is 3.28. The van der Waals surface area contributed by atoms with Crippen LogP contribution in [0.2, 0.25) is 0 Å². The molecule has 1 aliphatic heterocycles. The SMILES string of the molecule is COCCSc1nnc(NC(=O)[C@@H]2CC(=O)N(c3cccc(OC)c3)C2)s1. The normalized spacial score (nSPS) is 16.6. The highest BCUT2D eigenvalue weighted by Gasteiger charge is 2.35. The fraction of sp³-hybridized carbons (Fsp3) is 0.412. The molecule has 144 valence electrons. The number of nitrogens with one attached hydrogen (secondary N) is 1. The molecular formula is C17H20N4O4S2. The molecule has 1 aromatic heterocycles. The molecule has 10 heteroatoms. The van der Waals surface area contributed by atoms with Crippen molar-refractivity contribution in [1.82, 2.24) is 10.2 Å². The van der Waals surface area contributed by atoms with Crippen LogP contribution < -0.4 is 15.0 Å². The van der Waals surface area contributed by atoms with Crippen LogP contribution in [-0.4, -0.2) is 55.1 Å². The number of anilines is 2. The molecule has 0 bridgehead atoms. The molecule has 0 aliphatic carbocycles. The Bertz CT molecular complexity index is 814. The molecule has 3 rings (SSSR count). The maximum atomic E-state index is 12.5. The molecule has 2 amide bonds. The molecule has 2 heterocycles. The van der Waals surface area contributed by atoms with E-state index in [2.05, 4.69) is 15.5 Å². The van der Waals surface area contributed by atoms with E-state index in [1.807, 2.05) is 18.2 Å². The Morgan fingerprint density at radius 2 is 2.26 bits per heavy atom. The standard InChI is InChI=1S/C17H20N4O4S2/c1-24-6-7-26-17-20-19-16(27-17)18-15(23)11-8-14(22)21(10-11)12-4-3-5-13(9-12)25-2/h3-5,9,11H,6-8,10H2,1-2H3,(H,18,19,23)/t11-/m1/s1. The molecule has 1 N–H and O–H groups in total. The van der Waals surface area contributed by atoms with Gasteiger partial charge in [-0.05, 0) is 12.1 Å². The highest BCUT2D eigenvalue weighted by molar-refractivity contribution is 8.01. The number of methoxy groups -OCH3 is 2. The van der Waals surface area contributed by atoms with E-state index >= 15 is 0 Å². The maximum Gasteiger partial charge on any atom is 0.231 e. The summed E-state index contributed by atoms with van der Waals surface area (Å²) in [5.74, 6) is 0.693. The predicted molar refractivity (Wildman–Crippen MR) is 105 cm³/mol. The first kappa shape index (κ1) is 19.6. The van der Waals surface area contributed by atoms with Gasteiger partial charge in [0.1, 0.15) is 5.75 Å². The van der Waals surface area contributed by atoms with Crippen molar-refractivity contribution in [2.45, 2.75) is 10.8 Å². The summed E-state index contributed by atoms with van der Waals surface area (Å²) in [5.41, 5.74) is 0.724. The van der Waals surface area contributed by atoms with Gasteiger partial charge in [-0.25, -0.2) is 0 Å². The van der Waals surface area contributed by atoms with Crippen molar-refractivity contribution >= 4 is 45.7 Å². The minimum atomic E-state index is -0.433. The van der Waals surface area contributed by atoms with Crippen LogP contribution in [0.1, 0.15) is 6.42 Å². The van der Waals surface area contributed by atoms with Crippen LogP contribution in [0.5, 0.6) is 5.75 Å². The Balaban J connectivity index is 1.59. The van der Waals surface area contributed by atoms with Crippen molar-refractivity contribution in [3.05, 3.63) is 24.3 Å². The summed E-state index contributed by atoms with van der Waals surface area (Å²) in [6, 6.07) is 7.24. The van der Waals surface area contributed by atoms with Crippen molar-refractivity contribution in [1.29, 1.82) is 0 Å². The second-order valence-corrected chi connectivity index (χ2v) is 8.13. The third-order valence-electron chi connectivity index (χ3n) is 4.01. The van der Waals surface area contributed by atoms with Crippen LogP contribution >= 0.6 is 23.1 Å². The van der Waals surface area contributed by atoms with Crippen LogP contribution in [0.4, 0.5) is 10.8 Å². The zero-order chi connectivity index (χ0) is 19.2. The number of nitrogens with zero attached hydrogens (tertiary/aromatic N) is 3. The summed E-state index contributed by atoms with van der Waals surface area (Å²) in [7, 11) is 3.22. The fourth-order valence-electron chi connectivity index (χ4n) is 2.65. The number of benzene rings is 1. The van der Waals surface area contributed by atoms with E-state index in [4.69, 9.17) is 9.47 Å². The molecule has 0 saturated carbocycles. The number of rotatable bonds is 8. The van der Waals surface area contributed by atoms with Crippen molar-refractivity contribution < 1.29 is 19.1 Å². The first-order valence-corrected chi connectivity index (χ1v) is 10.1. The molecule has 1 fully saturated rings. The highest BCUT2D eigenvalue weighted by Crippen LogP contribution is 2.30. The third-order valence-corrected chi connectivity index (χ3v) is 5.95. The van der Waals surface area contributed by atoms with Gasteiger partial charge in [0.15, 0.2) is 4.34 Å². The maximum absolute atomic E-state index is 12.5. The Morgan fingerprint density at radius 1 is 1.41 bits per heavy atom. The van der Waals surface area contributed by atoms with Gasteiger partial charge in [-0.2, -0.15) is 0 Å². The molecule has 1 aromatic carbocycles. The monoisotopic (exact) mass is 408 g/mol. The lowest BCUT2D eigenvalue weighted by molar-refractivity contribution is -0.122. The van der Waals surface area contributed by atoms with E-state index in [-0.39, 0.29) is 18.2 Å². The van der Waals surface area contributed by atoms with Crippen LogP contribution in [0.3, 0.4) is 0 Å². The second kappa shape index (κ2) is 9.16. The van der Waals surface area contributed by atoms with Crippen molar-refractivity contribution in [2.24, 2.45) is 5.92 Å². The number of amides is 2. The topological polar surface area (TPSA) is 93.7 Å². The van der Waals surface area contributed by atoms with Crippen LogP contribution in [0.25, 0.3) is 0 Å². The molecule has 8 nitrogen and oxygen atoms in total. The van der Waals surface area contributed by atoms with Crippen LogP contribution in [0.15, 0.2) is 28.6 Å². The molecular weight excluding hydrogens is 388 g/mol. The zero-order valence-corrected chi connectivity index (χ0v) is 16.6. The molecule has 0 radical (unpaired) electrons. The second-order valence-electron chi connectivity index (χ2n) is 5.81. The van der Waals surface area contributed by atoms with E-state index in [9.17, 15) is 9.59 Å². The van der Waals surface area contributed by atoms with Gasteiger partial charge in [-0.3, -0.25) is 9.59 Å². The lowest BCUT2D eigenvalue weighted by atomic mass is 10.1. The first-order valence-electron chi connectivity index (χ1n) is 8.31. The molecule has 1 saturated heterocycles. The summed E-state index contributed by atoms with van der Waals surface area (Å²) in [5, 5.41) is 11.2. The molecule has 1 atom stereocenters. The van der Waals surface area contributed by atoms with E-state index < -0.39 is 5.92 Å².